The quantitative estimate of drug-likeness (QED) is 0.475. The molecule has 0 bridgehead atoms. The van der Waals surface area contributed by atoms with Crippen LogP contribution >= 0.6 is 0 Å². The van der Waals surface area contributed by atoms with E-state index in [1.54, 1.807) is 36.1 Å². The van der Waals surface area contributed by atoms with E-state index in [-0.39, 0.29) is 24.8 Å². The number of hydrogen-bond acceptors (Lipinski definition) is 5. The van der Waals surface area contributed by atoms with Crippen molar-refractivity contribution in [1.82, 2.24) is 15.1 Å². The second-order valence-corrected chi connectivity index (χ2v) is 9.87. The number of nitrogens with one attached hydrogen (secondary N) is 1. The lowest BCUT2D eigenvalue weighted by Gasteiger charge is -2.40. The number of carboxylic acids is 2. The molecule has 2 aromatic rings. The minimum absolute atomic E-state index is 0.0366. The summed E-state index contributed by atoms with van der Waals surface area (Å²) in [7, 11) is 0. The molecule has 0 aliphatic carbocycles. The van der Waals surface area contributed by atoms with E-state index in [9.17, 15) is 29.4 Å². The lowest BCUT2D eigenvalue weighted by Crippen LogP contribution is -2.58. The normalized spacial score (nSPS) is 22.7. The summed E-state index contributed by atoms with van der Waals surface area (Å²) >= 11 is 0. The van der Waals surface area contributed by atoms with E-state index in [1.165, 1.54) is 4.90 Å². The van der Waals surface area contributed by atoms with Gasteiger partial charge in [0.1, 0.15) is 12.1 Å². The molecule has 2 saturated heterocycles. The molecule has 3 N–H and O–H groups in total. The van der Waals surface area contributed by atoms with Crippen LogP contribution in [0, 0.1) is 5.92 Å². The molecule has 9 nitrogen and oxygen atoms in total. The molecule has 2 amide bonds. The van der Waals surface area contributed by atoms with Crippen molar-refractivity contribution < 1.29 is 29.4 Å². The van der Waals surface area contributed by atoms with E-state index < -0.39 is 42.0 Å². The van der Waals surface area contributed by atoms with Crippen LogP contribution in [0.4, 0.5) is 0 Å². The van der Waals surface area contributed by atoms with Gasteiger partial charge in [-0.1, -0.05) is 48.5 Å². The fraction of sp³-hybridized carbons (Fsp3) is 0.429. The Morgan fingerprint density at radius 2 is 1.65 bits per heavy atom. The molecule has 2 fully saturated rings. The van der Waals surface area contributed by atoms with E-state index >= 15 is 0 Å². The first kappa shape index (κ1) is 26.3. The minimum atomic E-state index is -1.09. The van der Waals surface area contributed by atoms with Crippen molar-refractivity contribution >= 4 is 23.8 Å². The van der Waals surface area contributed by atoms with Crippen LogP contribution in [0.3, 0.4) is 0 Å². The van der Waals surface area contributed by atoms with Crippen molar-refractivity contribution in [2.45, 2.75) is 56.8 Å². The van der Waals surface area contributed by atoms with E-state index in [1.807, 2.05) is 36.4 Å². The highest BCUT2D eigenvalue weighted by Crippen LogP contribution is 2.37. The van der Waals surface area contributed by atoms with E-state index in [0.29, 0.717) is 31.4 Å². The van der Waals surface area contributed by atoms with Crippen LogP contribution < -0.4 is 5.32 Å². The monoisotopic (exact) mass is 507 g/mol. The summed E-state index contributed by atoms with van der Waals surface area (Å²) in [5, 5.41) is 22.6. The Kier molecular flexibility index (Phi) is 8.23. The molecule has 196 valence electrons. The molecule has 5 atom stereocenters. The molecule has 4 rings (SSSR count). The zero-order valence-corrected chi connectivity index (χ0v) is 20.8. The molecule has 0 spiro atoms. The lowest BCUT2D eigenvalue weighted by atomic mass is 9.91. The van der Waals surface area contributed by atoms with Crippen LogP contribution in [0.2, 0.25) is 0 Å². The number of fused-ring (bicyclic) bond motifs is 1. The Labute approximate surface area is 216 Å². The smallest absolute Gasteiger partial charge is 0.326 e. The summed E-state index contributed by atoms with van der Waals surface area (Å²) in [4.78, 5) is 53.8. The maximum atomic E-state index is 13.6. The Balaban J connectivity index is 1.47. The van der Waals surface area contributed by atoms with Crippen LogP contribution in [0.25, 0.3) is 0 Å². The lowest BCUT2D eigenvalue weighted by molar-refractivity contribution is -0.151. The molecule has 2 aliphatic heterocycles. The molecular formula is C28H33N3O6. The molecule has 9 heteroatoms. The van der Waals surface area contributed by atoms with Gasteiger partial charge in [0.25, 0.3) is 5.91 Å². The molecule has 2 aliphatic rings. The third-order valence-corrected chi connectivity index (χ3v) is 7.47. The molecule has 0 unspecified atom stereocenters. The van der Waals surface area contributed by atoms with E-state index in [2.05, 4.69) is 5.32 Å². The third kappa shape index (κ3) is 5.99. The Bertz CT molecular complexity index is 1130. The average Bonchev–Trinajstić information content (AvgIpc) is 3.30. The number of aryl methyl sites for hydroxylation is 1. The number of rotatable bonds is 9. The van der Waals surface area contributed by atoms with E-state index in [0.717, 1.165) is 5.56 Å². The second-order valence-electron chi connectivity index (χ2n) is 9.87. The second kappa shape index (κ2) is 11.6. The highest BCUT2D eigenvalue weighted by molar-refractivity contribution is 5.94. The summed E-state index contributed by atoms with van der Waals surface area (Å²) in [5.74, 6) is -2.80. The third-order valence-electron chi connectivity index (χ3n) is 7.47. The number of benzene rings is 2. The first-order valence-electron chi connectivity index (χ1n) is 12.7. The number of carbonyl (C=O) groups excluding carboxylic acids is 2. The van der Waals surface area contributed by atoms with Gasteiger partial charge in [-0.3, -0.25) is 19.7 Å². The number of carboxylic acid groups (broad SMARTS) is 2. The average molecular weight is 508 g/mol. The topological polar surface area (TPSA) is 127 Å². The predicted molar refractivity (Wildman–Crippen MR) is 136 cm³/mol. The maximum Gasteiger partial charge on any atom is 0.326 e. The number of amides is 2. The molecule has 0 radical (unpaired) electrons. The molecule has 2 aromatic carbocycles. The van der Waals surface area contributed by atoms with Gasteiger partial charge in [-0.2, -0.15) is 0 Å². The van der Waals surface area contributed by atoms with Gasteiger partial charge in [0.2, 0.25) is 5.91 Å². The number of aliphatic carboxylic acids is 2. The number of piperidine rings is 1. The van der Waals surface area contributed by atoms with Gasteiger partial charge < -0.3 is 20.0 Å². The zero-order valence-electron chi connectivity index (χ0n) is 20.8. The maximum absolute atomic E-state index is 13.6. The van der Waals surface area contributed by atoms with Gasteiger partial charge in [-0.15, -0.1) is 0 Å². The summed E-state index contributed by atoms with van der Waals surface area (Å²) in [6, 6.07) is 15.0. The standard InChI is InChI=1S/C28H33N3O6/c1-18(29-22(27(34)35)13-12-19-8-4-2-5-9-19)25(32)31-23(28(36)37)16-21-14-15-30(17-24(21)31)26(33)20-10-6-3-7-11-20/h2-11,18,21-24,29H,12-17H2,1H3,(H,34,35)(H,36,37)/t18-,21-,22+,23-,24-/m0/s1. The summed E-state index contributed by atoms with van der Waals surface area (Å²) in [5.41, 5.74) is 1.54. The van der Waals surface area contributed by atoms with Crippen LogP contribution in [0.1, 0.15) is 42.1 Å². The molecule has 0 aromatic heterocycles. The van der Waals surface area contributed by atoms with Crippen LogP contribution in [-0.2, 0) is 20.8 Å². The van der Waals surface area contributed by atoms with Crippen LogP contribution in [0.5, 0.6) is 0 Å². The van der Waals surface area contributed by atoms with Gasteiger partial charge in [-0.25, -0.2) is 4.79 Å². The fourth-order valence-corrected chi connectivity index (χ4v) is 5.52. The molecule has 2 heterocycles. The van der Waals surface area contributed by atoms with Gasteiger partial charge in [0.05, 0.1) is 12.1 Å². The summed E-state index contributed by atoms with van der Waals surface area (Å²) < 4.78 is 0. The van der Waals surface area contributed by atoms with Crippen molar-refractivity contribution in [3.05, 3.63) is 71.8 Å². The van der Waals surface area contributed by atoms with Crippen molar-refractivity contribution in [3.63, 3.8) is 0 Å². The van der Waals surface area contributed by atoms with Gasteiger partial charge in [0, 0.05) is 18.7 Å². The first-order valence-corrected chi connectivity index (χ1v) is 12.7. The number of hydrogen-bond donors (Lipinski definition) is 3. The Hall–Kier alpha value is -3.72. The largest absolute Gasteiger partial charge is 0.480 e. The minimum Gasteiger partial charge on any atom is -0.480 e. The van der Waals surface area contributed by atoms with E-state index in [4.69, 9.17) is 0 Å². The van der Waals surface area contributed by atoms with Crippen LogP contribution in [0.15, 0.2) is 60.7 Å². The molecule has 0 saturated carbocycles. The summed E-state index contributed by atoms with van der Waals surface area (Å²) in [6.45, 7) is 2.32. The van der Waals surface area contributed by atoms with Gasteiger partial charge in [-0.05, 0) is 56.2 Å². The predicted octanol–water partition coefficient (Wildman–Crippen LogP) is 2.27. The van der Waals surface area contributed by atoms with Gasteiger partial charge in [0.15, 0.2) is 0 Å². The molecule has 37 heavy (non-hydrogen) atoms. The number of carbonyl (C=O) groups is 4. The van der Waals surface area contributed by atoms with Crippen LogP contribution in [-0.4, -0.2) is 81.0 Å². The number of nitrogens with zero attached hydrogens (tertiary/aromatic N) is 2. The van der Waals surface area contributed by atoms with Crippen molar-refractivity contribution in [3.8, 4) is 0 Å². The van der Waals surface area contributed by atoms with Crippen molar-refractivity contribution in [2.75, 3.05) is 13.1 Å². The Morgan fingerprint density at radius 3 is 2.27 bits per heavy atom. The molecular weight excluding hydrogens is 474 g/mol. The summed E-state index contributed by atoms with van der Waals surface area (Å²) in [6.07, 6.45) is 1.73. The fourth-order valence-electron chi connectivity index (χ4n) is 5.52. The highest BCUT2D eigenvalue weighted by atomic mass is 16.4. The highest BCUT2D eigenvalue weighted by Gasteiger charge is 2.50. The van der Waals surface area contributed by atoms with Gasteiger partial charge >= 0.3 is 11.9 Å². The first-order chi connectivity index (χ1) is 17.8. The zero-order chi connectivity index (χ0) is 26.5. The van der Waals surface area contributed by atoms with Crippen molar-refractivity contribution in [1.29, 1.82) is 0 Å². The SMILES string of the molecule is C[C@H](N[C@H](CCc1ccccc1)C(=O)O)C(=O)N1[C@H](C(=O)O)C[C@@H]2CCN(C(=O)c3ccccc3)C[C@@H]21. The van der Waals surface area contributed by atoms with Crippen molar-refractivity contribution in [2.24, 2.45) is 5.92 Å². The Morgan fingerprint density at radius 1 is 1.00 bits per heavy atom. The number of likely N-dealkylation sites (tertiary alicyclic amines) is 2.